The third-order valence-electron chi connectivity index (χ3n) is 7.87. The van der Waals surface area contributed by atoms with Gasteiger partial charge in [0.15, 0.2) is 0 Å². The third-order valence-corrected chi connectivity index (χ3v) is 7.87. The summed E-state index contributed by atoms with van der Waals surface area (Å²) >= 11 is 0. The van der Waals surface area contributed by atoms with Gasteiger partial charge in [-0.05, 0) is 42.0 Å². The minimum absolute atomic E-state index is 0.0151. The summed E-state index contributed by atoms with van der Waals surface area (Å²) in [5.74, 6) is 0.527. The molecule has 0 unspecified atom stereocenters. The molecule has 3 aliphatic heterocycles. The van der Waals surface area contributed by atoms with Crippen molar-refractivity contribution < 1.29 is 14.7 Å². The number of hydrogen-bond acceptors (Lipinski definition) is 5. The molecule has 0 spiro atoms. The Balaban J connectivity index is 1.08. The number of aliphatic hydroxyl groups excluding tert-OH is 1. The molecule has 3 amide bonds. The van der Waals surface area contributed by atoms with Gasteiger partial charge in [-0.2, -0.15) is 0 Å². The molecule has 5 rings (SSSR count). The van der Waals surface area contributed by atoms with Crippen LogP contribution in [0.15, 0.2) is 42.6 Å². The summed E-state index contributed by atoms with van der Waals surface area (Å²) in [6.07, 6.45) is 4.21. The van der Waals surface area contributed by atoms with Crippen LogP contribution in [0.4, 0.5) is 4.79 Å². The molecule has 8 heteroatoms. The molecule has 2 saturated heterocycles. The number of likely N-dealkylation sites (tertiary alicyclic amines) is 1. The van der Waals surface area contributed by atoms with E-state index >= 15 is 0 Å². The van der Waals surface area contributed by atoms with Gasteiger partial charge < -0.3 is 19.8 Å². The van der Waals surface area contributed by atoms with Crippen LogP contribution < -0.4 is 0 Å². The van der Waals surface area contributed by atoms with E-state index < -0.39 is 6.10 Å². The van der Waals surface area contributed by atoms with E-state index in [0.29, 0.717) is 38.6 Å². The Hall–Kier alpha value is -2.97. The van der Waals surface area contributed by atoms with Crippen LogP contribution >= 0.6 is 0 Å². The van der Waals surface area contributed by atoms with Crippen molar-refractivity contribution in [3.05, 3.63) is 65.0 Å². The van der Waals surface area contributed by atoms with Crippen LogP contribution in [-0.2, 0) is 24.3 Å². The molecular formula is C28H37N5O3. The number of pyridine rings is 1. The number of benzene rings is 1. The van der Waals surface area contributed by atoms with Crippen molar-refractivity contribution in [1.29, 1.82) is 0 Å². The predicted molar refractivity (Wildman–Crippen MR) is 137 cm³/mol. The maximum absolute atomic E-state index is 13.0. The van der Waals surface area contributed by atoms with Crippen molar-refractivity contribution in [3.8, 4) is 0 Å². The molecule has 192 valence electrons. The normalized spacial score (nSPS) is 20.1. The van der Waals surface area contributed by atoms with Crippen LogP contribution in [0.5, 0.6) is 0 Å². The minimum Gasteiger partial charge on any atom is -0.390 e. The monoisotopic (exact) mass is 491 g/mol. The van der Waals surface area contributed by atoms with E-state index in [-0.39, 0.29) is 11.9 Å². The first-order valence-corrected chi connectivity index (χ1v) is 13.2. The van der Waals surface area contributed by atoms with E-state index in [4.69, 9.17) is 0 Å². The highest BCUT2D eigenvalue weighted by Gasteiger charge is 2.31. The first-order chi connectivity index (χ1) is 17.5. The summed E-state index contributed by atoms with van der Waals surface area (Å²) in [6, 6.07) is 12.6. The van der Waals surface area contributed by atoms with Crippen molar-refractivity contribution in [2.75, 3.05) is 45.8 Å². The molecule has 0 radical (unpaired) electrons. The summed E-state index contributed by atoms with van der Waals surface area (Å²) in [7, 11) is 0. The Bertz CT molecular complexity index is 1070. The molecule has 1 atom stereocenters. The van der Waals surface area contributed by atoms with E-state index in [2.05, 4.69) is 46.3 Å². The fraction of sp³-hybridized carbons (Fsp3) is 0.536. The summed E-state index contributed by atoms with van der Waals surface area (Å²) in [5, 5.41) is 10.7. The zero-order chi connectivity index (χ0) is 25.1. The predicted octanol–water partition coefficient (Wildman–Crippen LogP) is 2.46. The molecule has 1 aromatic carbocycles. The van der Waals surface area contributed by atoms with Gasteiger partial charge in [-0.15, -0.1) is 0 Å². The third kappa shape index (κ3) is 5.71. The number of amides is 3. The van der Waals surface area contributed by atoms with Crippen LogP contribution in [-0.4, -0.2) is 93.5 Å². The zero-order valence-corrected chi connectivity index (χ0v) is 21.2. The number of aromatic nitrogens is 1. The Morgan fingerprint density at radius 2 is 1.75 bits per heavy atom. The molecule has 0 saturated carbocycles. The van der Waals surface area contributed by atoms with E-state index in [1.165, 1.54) is 11.1 Å². The first-order valence-electron chi connectivity index (χ1n) is 13.2. The number of β-amino-alcohol motifs (C(OH)–C–C–N with tert-alkyl or cyclic N) is 1. The van der Waals surface area contributed by atoms with Crippen molar-refractivity contribution in [1.82, 2.24) is 24.6 Å². The van der Waals surface area contributed by atoms with Gasteiger partial charge in [-0.25, -0.2) is 4.79 Å². The lowest BCUT2D eigenvalue weighted by Crippen LogP contribution is -2.43. The molecule has 1 N–H and O–H groups in total. The number of hydrogen-bond donors (Lipinski definition) is 1. The molecule has 1 aromatic heterocycles. The van der Waals surface area contributed by atoms with Crippen LogP contribution in [0.2, 0.25) is 0 Å². The number of rotatable bonds is 7. The van der Waals surface area contributed by atoms with Crippen molar-refractivity contribution >= 4 is 11.9 Å². The molecule has 8 nitrogen and oxygen atoms in total. The van der Waals surface area contributed by atoms with Gasteiger partial charge in [-0.3, -0.25) is 14.7 Å². The van der Waals surface area contributed by atoms with Gasteiger partial charge in [0.1, 0.15) is 0 Å². The fourth-order valence-electron chi connectivity index (χ4n) is 5.75. The van der Waals surface area contributed by atoms with Gasteiger partial charge in [0.25, 0.3) is 0 Å². The summed E-state index contributed by atoms with van der Waals surface area (Å²) < 4.78 is 0. The lowest BCUT2D eigenvalue weighted by molar-refractivity contribution is -0.129. The van der Waals surface area contributed by atoms with Gasteiger partial charge in [-0.1, -0.05) is 30.3 Å². The number of fused-ring (bicyclic) bond motifs is 1. The van der Waals surface area contributed by atoms with E-state index in [1.807, 2.05) is 16.0 Å². The fourth-order valence-corrected chi connectivity index (χ4v) is 5.75. The highest BCUT2D eigenvalue weighted by Crippen LogP contribution is 2.27. The summed E-state index contributed by atoms with van der Waals surface area (Å²) in [4.78, 5) is 37.0. The molecule has 4 heterocycles. The molecule has 2 aromatic rings. The van der Waals surface area contributed by atoms with Crippen molar-refractivity contribution in [2.45, 2.75) is 51.3 Å². The van der Waals surface area contributed by atoms with Crippen molar-refractivity contribution in [3.63, 3.8) is 0 Å². The number of carbonyl (C=O) groups excluding carboxylic acids is 2. The van der Waals surface area contributed by atoms with Crippen LogP contribution in [0.3, 0.4) is 0 Å². The van der Waals surface area contributed by atoms with Crippen molar-refractivity contribution in [2.24, 2.45) is 0 Å². The van der Waals surface area contributed by atoms with Gasteiger partial charge in [0.05, 0.1) is 6.10 Å². The summed E-state index contributed by atoms with van der Waals surface area (Å²) in [5.41, 5.74) is 4.82. The SMILES string of the molecule is CC(=O)N1CCC(c2ccc(CN3CCN(C[C@H](O)CN4CCc5ccccc5C4)C3=O)cn2)CC1. The lowest BCUT2D eigenvalue weighted by atomic mass is 9.93. The Morgan fingerprint density at radius 3 is 2.47 bits per heavy atom. The maximum atomic E-state index is 13.0. The van der Waals surface area contributed by atoms with Crippen LogP contribution in [0.25, 0.3) is 0 Å². The Kier molecular flexibility index (Phi) is 7.53. The standard InChI is InChI=1S/C28H37N5O3/c1-21(34)31-12-9-24(10-13-31)27-7-6-22(16-29-27)17-32-14-15-33(28(32)36)20-26(35)19-30-11-8-23-4-2-3-5-25(23)18-30/h2-7,16,24,26,35H,8-15,17-20H2,1H3/t26-/m1/s1. The highest BCUT2D eigenvalue weighted by atomic mass is 16.3. The van der Waals surface area contributed by atoms with E-state index in [0.717, 1.165) is 56.7 Å². The first kappa shape index (κ1) is 24.7. The second-order valence-corrected chi connectivity index (χ2v) is 10.4. The van der Waals surface area contributed by atoms with Crippen LogP contribution in [0, 0.1) is 0 Å². The van der Waals surface area contributed by atoms with E-state index in [1.54, 1.807) is 11.8 Å². The summed E-state index contributed by atoms with van der Waals surface area (Å²) in [6.45, 7) is 7.77. The number of aliphatic hydroxyl groups is 1. The quantitative estimate of drug-likeness (QED) is 0.644. The van der Waals surface area contributed by atoms with E-state index in [9.17, 15) is 14.7 Å². The lowest BCUT2D eigenvalue weighted by Gasteiger charge is -2.31. The van der Waals surface area contributed by atoms with Gasteiger partial charge in [0.2, 0.25) is 5.91 Å². The number of nitrogens with zero attached hydrogens (tertiary/aromatic N) is 5. The number of carbonyl (C=O) groups is 2. The van der Waals surface area contributed by atoms with Gasteiger partial charge >= 0.3 is 6.03 Å². The smallest absolute Gasteiger partial charge is 0.320 e. The average Bonchev–Trinajstić information content (AvgIpc) is 3.22. The Morgan fingerprint density at radius 1 is 1.00 bits per heavy atom. The zero-order valence-electron chi connectivity index (χ0n) is 21.2. The molecular weight excluding hydrogens is 454 g/mol. The molecule has 0 bridgehead atoms. The minimum atomic E-state index is -0.561. The average molecular weight is 492 g/mol. The molecule has 36 heavy (non-hydrogen) atoms. The van der Waals surface area contributed by atoms with Gasteiger partial charge in [0, 0.05) is 83.6 Å². The largest absolute Gasteiger partial charge is 0.390 e. The second kappa shape index (κ2) is 11.0. The molecule has 2 fully saturated rings. The van der Waals surface area contributed by atoms with Crippen LogP contribution in [0.1, 0.15) is 48.1 Å². The maximum Gasteiger partial charge on any atom is 0.320 e. The Labute approximate surface area is 213 Å². The topological polar surface area (TPSA) is 80.2 Å². The molecule has 3 aliphatic rings. The highest BCUT2D eigenvalue weighted by molar-refractivity contribution is 5.76. The second-order valence-electron chi connectivity index (χ2n) is 10.4. The molecule has 0 aliphatic carbocycles. The number of urea groups is 1. The number of piperidine rings is 1.